The number of rotatable bonds is 7. The van der Waals surface area contributed by atoms with Crippen LogP contribution in [0.25, 0.3) is 0 Å². The molecule has 4 aliphatic carbocycles. The molecule has 182 valence electrons. The smallest absolute Gasteiger partial charge is 0.340 e. The monoisotopic (exact) mass is 496 g/mol. The van der Waals surface area contributed by atoms with Crippen molar-refractivity contribution >= 4 is 40.6 Å². The van der Waals surface area contributed by atoms with Crippen molar-refractivity contribution in [3.05, 3.63) is 68.7 Å². The van der Waals surface area contributed by atoms with E-state index in [1.807, 2.05) is 0 Å². The van der Waals surface area contributed by atoms with E-state index < -0.39 is 16.8 Å². The molecule has 0 atom stereocenters. The standard InChI is InChI=1S/C26H25ClN2O6/c27-21-10-18(29(33)34)5-6-19(21)24(31)28-22-4-2-1-3-20(22)25(32)35-14-23(30)26-11-15-7-16(12-26)9-17(8-15)13-26/h1-6,10,15-17H,7-9,11-14H2,(H,28,31). The molecule has 0 radical (unpaired) electrons. The number of amides is 1. The summed E-state index contributed by atoms with van der Waals surface area (Å²) in [7, 11) is 0. The summed E-state index contributed by atoms with van der Waals surface area (Å²) in [5.74, 6) is 0.516. The Hall–Kier alpha value is -3.26. The summed E-state index contributed by atoms with van der Waals surface area (Å²) in [5, 5.41) is 13.4. The first-order chi connectivity index (χ1) is 16.7. The van der Waals surface area contributed by atoms with Crippen molar-refractivity contribution in [1.29, 1.82) is 0 Å². The fourth-order valence-corrected chi connectivity index (χ4v) is 6.84. The Kier molecular flexibility index (Phi) is 6.09. The molecule has 1 amide bonds. The number of nitro benzene ring substituents is 1. The lowest BCUT2D eigenvalue weighted by atomic mass is 9.48. The first kappa shape index (κ1) is 23.5. The average Bonchev–Trinajstić information content (AvgIpc) is 2.81. The average molecular weight is 497 g/mol. The number of carbonyl (C=O) groups is 3. The van der Waals surface area contributed by atoms with Gasteiger partial charge in [0.1, 0.15) is 0 Å². The van der Waals surface area contributed by atoms with Gasteiger partial charge in [-0.3, -0.25) is 19.7 Å². The number of esters is 1. The van der Waals surface area contributed by atoms with Gasteiger partial charge in [-0.1, -0.05) is 23.7 Å². The molecule has 0 aromatic heterocycles. The van der Waals surface area contributed by atoms with Gasteiger partial charge in [0.15, 0.2) is 12.4 Å². The summed E-state index contributed by atoms with van der Waals surface area (Å²) in [6, 6.07) is 9.83. The second-order valence-electron chi connectivity index (χ2n) is 10.1. The van der Waals surface area contributed by atoms with E-state index in [2.05, 4.69) is 5.32 Å². The number of hydrogen-bond acceptors (Lipinski definition) is 6. The quantitative estimate of drug-likeness (QED) is 0.310. The Morgan fingerprint density at radius 2 is 1.63 bits per heavy atom. The highest BCUT2D eigenvalue weighted by molar-refractivity contribution is 6.34. The number of Topliss-reactive ketones (excluding diaryl/α,β-unsaturated/α-hetero) is 1. The highest BCUT2D eigenvalue weighted by atomic mass is 35.5. The zero-order valence-electron chi connectivity index (χ0n) is 19.0. The van der Waals surface area contributed by atoms with E-state index in [1.54, 1.807) is 12.1 Å². The molecule has 9 heteroatoms. The van der Waals surface area contributed by atoms with Crippen LogP contribution in [0.2, 0.25) is 5.02 Å². The van der Waals surface area contributed by atoms with Gasteiger partial charge in [0.25, 0.3) is 11.6 Å². The summed E-state index contributed by atoms with van der Waals surface area (Å²) in [6.45, 7) is -0.276. The van der Waals surface area contributed by atoms with Crippen LogP contribution in [0, 0.1) is 33.3 Å². The van der Waals surface area contributed by atoms with Crippen molar-refractivity contribution in [3.63, 3.8) is 0 Å². The van der Waals surface area contributed by atoms with Crippen LogP contribution in [0.1, 0.15) is 59.2 Å². The van der Waals surface area contributed by atoms with Crippen molar-refractivity contribution in [3.8, 4) is 0 Å². The third-order valence-corrected chi connectivity index (χ3v) is 8.08. The number of ketones is 1. The van der Waals surface area contributed by atoms with E-state index in [0.717, 1.165) is 25.3 Å². The minimum Gasteiger partial charge on any atom is -0.454 e. The lowest BCUT2D eigenvalue weighted by Gasteiger charge is -2.55. The minimum absolute atomic E-state index is 0.00382. The summed E-state index contributed by atoms with van der Waals surface area (Å²) < 4.78 is 5.43. The topological polar surface area (TPSA) is 116 Å². The molecule has 35 heavy (non-hydrogen) atoms. The molecule has 8 nitrogen and oxygen atoms in total. The van der Waals surface area contributed by atoms with Gasteiger partial charge in [-0.2, -0.15) is 0 Å². The fourth-order valence-electron chi connectivity index (χ4n) is 6.58. The van der Waals surface area contributed by atoms with Crippen LogP contribution in [-0.2, 0) is 9.53 Å². The molecule has 4 bridgehead atoms. The number of anilines is 1. The largest absolute Gasteiger partial charge is 0.454 e. The summed E-state index contributed by atoms with van der Waals surface area (Å²) in [6.07, 6.45) is 6.36. The van der Waals surface area contributed by atoms with E-state index in [1.165, 1.54) is 43.5 Å². The van der Waals surface area contributed by atoms with Gasteiger partial charge >= 0.3 is 5.97 Å². The Balaban J connectivity index is 1.26. The number of nitrogens with zero attached hydrogens (tertiary/aromatic N) is 1. The second-order valence-corrected chi connectivity index (χ2v) is 10.5. The van der Waals surface area contributed by atoms with Gasteiger partial charge in [-0.05, 0) is 74.5 Å². The molecular weight excluding hydrogens is 472 g/mol. The van der Waals surface area contributed by atoms with E-state index in [-0.39, 0.29) is 45.3 Å². The van der Waals surface area contributed by atoms with E-state index >= 15 is 0 Å². The lowest BCUT2D eigenvalue weighted by Crippen LogP contribution is -2.51. The molecule has 0 aliphatic heterocycles. The molecule has 6 rings (SSSR count). The van der Waals surface area contributed by atoms with E-state index in [0.29, 0.717) is 17.8 Å². The Morgan fingerprint density at radius 1 is 1.00 bits per heavy atom. The van der Waals surface area contributed by atoms with Crippen LogP contribution in [0.5, 0.6) is 0 Å². The number of benzene rings is 2. The first-order valence-electron chi connectivity index (χ1n) is 11.8. The van der Waals surface area contributed by atoms with Crippen LogP contribution < -0.4 is 5.32 Å². The Labute approximate surface area is 207 Å². The molecule has 4 fully saturated rings. The van der Waals surface area contributed by atoms with Crippen LogP contribution in [0.15, 0.2) is 42.5 Å². The highest BCUT2D eigenvalue weighted by Crippen LogP contribution is 2.60. The zero-order chi connectivity index (χ0) is 24.7. The predicted octanol–water partition coefficient (Wildman–Crippen LogP) is 5.44. The van der Waals surface area contributed by atoms with Crippen LogP contribution >= 0.6 is 11.6 Å². The summed E-state index contributed by atoms with van der Waals surface area (Å²) in [5.41, 5.74) is -0.261. The second kappa shape index (κ2) is 9.07. The van der Waals surface area contributed by atoms with Gasteiger partial charge in [0, 0.05) is 17.5 Å². The lowest BCUT2D eigenvalue weighted by molar-refractivity contribution is -0.384. The molecule has 4 aliphatic rings. The number of nitro groups is 1. The Morgan fingerprint density at radius 3 is 2.23 bits per heavy atom. The van der Waals surface area contributed by atoms with E-state index in [9.17, 15) is 24.5 Å². The molecule has 1 N–H and O–H groups in total. The summed E-state index contributed by atoms with van der Waals surface area (Å²) in [4.78, 5) is 49.1. The number of para-hydroxylation sites is 1. The zero-order valence-corrected chi connectivity index (χ0v) is 19.8. The van der Waals surface area contributed by atoms with Crippen LogP contribution in [-0.4, -0.2) is 29.2 Å². The van der Waals surface area contributed by atoms with Crippen molar-refractivity contribution in [2.45, 2.75) is 38.5 Å². The van der Waals surface area contributed by atoms with Crippen molar-refractivity contribution in [2.24, 2.45) is 23.2 Å². The predicted molar refractivity (Wildman–Crippen MR) is 128 cm³/mol. The molecule has 2 aromatic rings. The maximum absolute atomic E-state index is 13.2. The SMILES string of the molecule is O=C(Nc1ccccc1C(=O)OCC(=O)C12CC3CC(CC(C3)C1)C2)c1ccc([N+](=O)[O-])cc1Cl. The molecule has 0 heterocycles. The van der Waals surface area contributed by atoms with Crippen molar-refractivity contribution in [2.75, 3.05) is 11.9 Å². The maximum Gasteiger partial charge on any atom is 0.340 e. The molecule has 0 unspecified atom stereocenters. The third kappa shape index (κ3) is 4.55. The third-order valence-electron chi connectivity index (χ3n) is 7.77. The number of non-ortho nitro benzene ring substituents is 1. The number of nitrogens with one attached hydrogen (secondary N) is 1. The number of ether oxygens (including phenoxy) is 1. The molecular formula is C26H25ClN2O6. The number of carbonyl (C=O) groups excluding carboxylic acids is 3. The van der Waals surface area contributed by atoms with Gasteiger partial charge in [0.05, 0.1) is 26.8 Å². The van der Waals surface area contributed by atoms with Gasteiger partial charge < -0.3 is 10.1 Å². The van der Waals surface area contributed by atoms with Crippen LogP contribution in [0.3, 0.4) is 0 Å². The normalized spacial score (nSPS) is 26.3. The maximum atomic E-state index is 13.2. The molecule has 4 saturated carbocycles. The highest BCUT2D eigenvalue weighted by Gasteiger charge is 2.54. The van der Waals surface area contributed by atoms with Crippen molar-refractivity contribution in [1.82, 2.24) is 0 Å². The fraction of sp³-hybridized carbons (Fsp3) is 0.423. The van der Waals surface area contributed by atoms with Gasteiger partial charge in [0.2, 0.25) is 0 Å². The van der Waals surface area contributed by atoms with Crippen molar-refractivity contribution < 1.29 is 24.0 Å². The first-order valence-corrected chi connectivity index (χ1v) is 12.2. The number of hydrogen-bond donors (Lipinski definition) is 1. The molecule has 0 spiro atoms. The van der Waals surface area contributed by atoms with Gasteiger partial charge in [-0.25, -0.2) is 4.79 Å². The van der Waals surface area contributed by atoms with E-state index in [4.69, 9.17) is 16.3 Å². The minimum atomic E-state index is -0.700. The summed E-state index contributed by atoms with van der Waals surface area (Å²) >= 11 is 6.06. The van der Waals surface area contributed by atoms with Crippen LogP contribution in [0.4, 0.5) is 11.4 Å². The number of halogens is 1. The molecule has 0 saturated heterocycles. The Bertz CT molecular complexity index is 1190. The molecule has 2 aromatic carbocycles. The van der Waals surface area contributed by atoms with Gasteiger partial charge in [-0.15, -0.1) is 0 Å².